The van der Waals surface area contributed by atoms with Crippen LogP contribution in [0.25, 0.3) is 0 Å². The molecule has 1 amide bonds. The Labute approximate surface area is 123 Å². The van der Waals surface area contributed by atoms with Crippen LogP contribution in [0.1, 0.15) is 37.2 Å². The fourth-order valence-corrected chi connectivity index (χ4v) is 3.00. The summed E-state index contributed by atoms with van der Waals surface area (Å²) in [5.74, 6) is -1.46. The van der Waals surface area contributed by atoms with Gasteiger partial charge in [0.1, 0.15) is 5.69 Å². The molecule has 1 aromatic heterocycles. The molecule has 0 bridgehead atoms. The van der Waals surface area contributed by atoms with Crippen LogP contribution in [0.15, 0.2) is 12.3 Å². The van der Waals surface area contributed by atoms with Gasteiger partial charge in [-0.05, 0) is 25.8 Å². The third-order valence-corrected chi connectivity index (χ3v) is 4.09. The maximum Gasteiger partial charge on any atom is 0.308 e. The number of likely N-dealkylation sites (tertiary alicyclic amines) is 1. The first-order valence-electron chi connectivity index (χ1n) is 6.85. The Morgan fingerprint density at radius 3 is 2.75 bits per heavy atom. The summed E-state index contributed by atoms with van der Waals surface area (Å²) in [4.78, 5) is 25.3. The number of carboxylic acid groups (broad SMARTS) is 1. The van der Waals surface area contributed by atoms with Gasteiger partial charge in [0.25, 0.3) is 5.91 Å². The summed E-state index contributed by atoms with van der Waals surface area (Å²) in [6.45, 7) is 5.02. The molecule has 2 atom stereocenters. The monoisotopic (exact) mass is 298 g/mol. The summed E-state index contributed by atoms with van der Waals surface area (Å²) in [5.41, 5.74) is 0.537. The highest BCUT2D eigenvalue weighted by Gasteiger charge is 2.39. The topological polar surface area (TPSA) is 62.5 Å². The molecule has 0 aliphatic carbocycles. The van der Waals surface area contributed by atoms with Gasteiger partial charge in [0.2, 0.25) is 0 Å². The molecule has 1 fully saturated rings. The van der Waals surface area contributed by atoms with Gasteiger partial charge >= 0.3 is 5.97 Å². The van der Waals surface area contributed by atoms with Gasteiger partial charge in [0.15, 0.2) is 0 Å². The zero-order chi connectivity index (χ0) is 14.9. The van der Waals surface area contributed by atoms with Crippen molar-refractivity contribution in [2.24, 2.45) is 5.92 Å². The summed E-state index contributed by atoms with van der Waals surface area (Å²) in [5, 5.41) is 9.66. The maximum atomic E-state index is 12.6. The van der Waals surface area contributed by atoms with E-state index < -0.39 is 11.9 Å². The van der Waals surface area contributed by atoms with E-state index in [1.165, 1.54) is 0 Å². The molecule has 20 heavy (non-hydrogen) atoms. The number of carboxylic acids is 1. The number of carbonyl (C=O) groups is 2. The summed E-state index contributed by atoms with van der Waals surface area (Å²) in [6, 6.07) is 1.36. The highest BCUT2D eigenvalue weighted by molar-refractivity contribution is 6.31. The minimum atomic E-state index is -0.838. The molecule has 1 aromatic rings. The third kappa shape index (κ3) is 2.68. The van der Waals surface area contributed by atoms with Gasteiger partial charge in [-0.2, -0.15) is 0 Å². The molecule has 5 nitrogen and oxygen atoms in total. The van der Waals surface area contributed by atoms with Crippen molar-refractivity contribution in [3.63, 3.8) is 0 Å². The average Bonchev–Trinajstić information content (AvgIpc) is 2.92. The number of carbonyl (C=O) groups excluding carboxylic acids is 1. The van der Waals surface area contributed by atoms with Crippen molar-refractivity contribution in [1.29, 1.82) is 0 Å². The second-order valence-electron chi connectivity index (χ2n) is 5.21. The molecule has 2 rings (SSSR count). The first kappa shape index (κ1) is 14.9. The Kier molecular flexibility index (Phi) is 4.38. The van der Waals surface area contributed by atoms with Gasteiger partial charge in [0, 0.05) is 25.3 Å². The standard InChI is InChI=1S/C14H19ClN2O3/c1-3-5-16-8-10(15)7-12(16)13(18)17-6-4-11(9(17)2)14(19)20/h7-9,11H,3-6H2,1-2H3,(H,19,20). The second-order valence-corrected chi connectivity index (χ2v) is 5.65. The van der Waals surface area contributed by atoms with Crippen molar-refractivity contribution >= 4 is 23.5 Å². The quantitative estimate of drug-likeness (QED) is 0.929. The van der Waals surface area contributed by atoms with E-state index in [9.17, 15) is 9.59 Å². The van der Waals surface area contributed by atoms with Crippen molar-refractivity contribution < 1.29 is 14.7 Å². The van der Waals surface area contributed by atoms with Crippen molar-refractivity contribution in [2.45, 2.75) is 39.3 Å². The zero-order valence-electron chi connectivity index (χ0n) is 11.7. The van der Waals surface area contributed by atoms with E-state index in [1.54, 1.807) is 24.1 Å². The lowest BCUT2D eigenvalue weighted by Gasteiger charge is -2.23. The number of halogens is 1. The Hall–Kier alpha value is -1.49. The predicted molar refractivity (Wildman–Crippen MR) is 76.0 cm³/mol. The van der Waals surface area contributed by atoms with Crippen molar-refractivity contribution in [1.82, 2.24) is 9.47 Å². The lowest BCUT2D eigenvalue weighted by atomic mass is 10.0. The van der Waals surface area contributed by atoms with Gasteiger partial charge in [-0.1, -0.05) is 18.5 Å². The number of aryl methyl sites for hydroxylation is 1. The van der Waals surface area contributed by atoms with Gasteiger partial charge in [-0.25, -0.2) is 0 Å². The first-order valence-corrected chi connectivity index (χ1v) is 7.23. The smallest absolute Gasteiger partial charge is 0.308 e. The zero-order valence-corrected chi connectivity index (χ0v) is 12.4. The molecule has 0 aromatic carbocycles. The summed E-state index contributed by atoms with van der Waals surface area (Å²) in [6.07, 6.45) is 3.15. The molecule has 2 unspecified atom stereocenters. The van der Waals surface area contributed by atoms with E-state index in [0.29, 0.717) is 23.7 Å². The van der Waals surface area contributed by atoms with Crippen LogP contribution in [-0.4, -0.2) is 39.0 Å². The molecular weight excluding hydrogens is 280 g/mol. The summed E-state index contributed by atoms with van der Waals surface area (Å²) in [7, 11) is 0. The molecule has 1 saturated heterocycles. The average molecular weight is 299 g/mol. The van der Waals surface area contributed by atoms with Crippen LogP contribution in [0.2, 0.25) is 5.02 Å². The van der Waals surface area contributed by atoms with Gasteiger partial charge in [0.05, 0.1) is 10.9 Å². The minimum absolute atomic E-state index is 0.137. The molecular formula is C14H19ClN2O3. The molecule has 1 N–H and O–H groups in total. The third-order valence-electron chi connectivity index (χ3n) is 3.88. The van der Waals surface area contributed by atoms with Gasteiger partial charge in [-0.3, -0.25) is 9.59 Å². The summed E-state index contributed by atoms with van der Waals surface area (Å²) >= 11 is 5.98. The van der Waals surface area contributed by atoms with Crippen LogP contribution < -0.4 is 0 Å². The molecule has 0 saturated carbocycles. The van der Waals surface area contributed by atoms with E-state index in [1.807, 2.05) is 11.5 Å². The Morgan fingerprint density at radius 2 is 2.20 bits per heavy atom. The molecule has 0 spiro atoms. The minimum Gasteiger partial charge on any atom is -0.481 e. The number of aromatic nitrogens is 1. The molecule has 1 aliphatic heterocycles. The van der Waals surface area contributed by atoms with Crippen LogP contribution >= 0.6 is 11.6 Å². The Bertz CT molecular complexity index is 526. The fourth-order valence-electron chi connectivity index (χ4n) is 2.78. The maximum absolute atomic E-state index is 12.6. The summed E-state index contributed by atoms with van der Waals surface area (Å²) < 4.78 is 1.84. The van der Waals surface area contributed by atoms with E-state index >= 15 is 0 Å². The van der Waals surface area contributed by atoms with Crippen LogP contribution in [-0.2, 0) is 11.3 Å². The molecule has 110 valence electrons. The highest BCUT2D eigenvalue weighted by atomic mass is 35.5. The molecule has 0 radical (unpaired) electrons. The van der Waals surface area contributed by atoms with Gasteiger partial charge < -0.3 is 14.6 Å². The Balaban J connectivity index is 2.22. The number of aliphatic carboxylic acids is 1. The number of nitrogens with zero attached hydrogens (tertiary/aromatic N) is 2. The lowest BCUT2D eigenvalue weighted by molar-refractivity contribution is -0.142. The number of rotatable bonds is 4. The number of hydrogen-bond donors (Lipinski definition) is 1. The van der Waals surface area contributed by atoms with Crippen molar-refractivity contribution in [3.05, 3.63) is 23.0 Å². The molecule has 1 aliphatic rings. The number of hydrogen-bond acceptors (Lipinski definition) is 2. The second kappa shape index (κ2) is 5.87. The highest BCUT2D eigenvalue weighted by Crippen LogP contribution is 2.27. The van der Waals surface area contributed by atoms with E-state index in [-0.39, 0.29) is 11.9 Å². The lowest BCUT2D eigenvalue weighted by Crippen LogP contribution is -2.38. The van der Waals surface area contributed by atoms with Gasteiger partial charge in [-0.15, -0.1) is 0 Å². The van der Waals surface area contributed by atoms with Crippen molar-refractivity contribution in [3.8, 4) is 0 Å². The Morgan fingerprint density at radius 1 is 1.50 bits per heavy atom. The normalized spacial score (nSPS) is 22.2. The molecule has 6 heteroatoms. The van der Waals surface area contributed by atoms with E-state index in [0.717, 1.165) is 13.0 Å². The fraction of sp³-hybridized carbons (Fsp3) is 0.571. The largest absolute Gasteiger partial charge is 0.481 e. The SMILES string of the molecule is CCCn1cc(Cl)cc1C(=O)N1CCC(C(=O)O)C1C. The predicted octanol–water partition coefficient (Wildman–Crippen LogP) is 2.49. The van der Waals surface area contributed by atoms with Crippen LogP contribution in [0.5, 0.6) is 0 Å². The van der Waals surface area contributed by atoms with Crippen molar-refractivity contribution in [2.75, 3.05) is 6.54 Å². The van der Waals surface area contributed by atoms with Crippen LogP contribution in [0, 0.1) is 5.92 Å². The van der Waals surface area contributed by atoms with Crippen LogP contribution in [0.3, 0.4) is 0 Å². The number of amides is 1. The van der Waals surface area contributed by atoms with Crippen LogP contribution in [0.4, 0.5) is 0 Å². The van der Waals surface area contributed by atoms with E-state index in [4.69, 9.17) is 16.7 Å². The molecule has 2 heterocycles. The van der Waals surface area contributed by atoms with E-state index in [2.05, 4.69) is 0 Å². The first-order chi connectivity index (χ1) is 9.45.